The number of amides is 1. The minimum Gasteiger partial charge on any atom is -0.341 e. The number of carbonyl (C=O) groups excluding carboxylic acids is 1. The molecule has 0 saturated carbocycles. The molecule has 0 bridgehead atoms. The maximum atomic E-state index is 13.7. The zero-order chi connectivity index (χ0) is 26.0. The van der Waals surface area contributed by atoms with Crippen LogP contribution in [0.3, 0.4) is 0 Å². The number of hydrogen-bond donors (Lipinski definition) is 3. The molecule has 2 aromatic heterocycles. The second kappa shape index (κ2) is 9.92. The maximum Gasteiger partial charge on any atom is 0.412 e. The van der Waals surface area contributed by atoms with Crippen molar-refractivity contribution in [1.82, 2.24) is 20.0 Å². The van der Waals surface area contributed by atoms with E-state index in [9.17, 15) is 18.0 Å². The first-order chi connectivity index (χ1) is 17.7. The van der Waals surface area contributed by atoms with E-state index in [4.69, 9.17) is 0 Å². The van der Waals surface area contributed by atoms with Gasteiger partial charge in [-0.05, 0) is 54.8 Å². The van der Waals surface area contributed by atoms with Gasteiger partial charge in [0.1, 0.15) is 5.84 Å². The number of aromatic nitrogens is 4. The van der Waals surface area contributed by atoms with Crippen molar-refractivity contribution in [2.75, 3.05) is 10.6 Å². The Hall–Kier alpha value is -4.41. The van der Waals surface area contributed by atoms with Crippen molar-refractivity contribution in [1.29, 1.82) is 0 Å². The van der Waals surface area contributed by atoms with Crippen LogP contribution >= 0.6 is 0 Å². The molecule has 2 aromatic carbocycles. The minimum atomic E-state index is -4.44. The minimum absolute atomic E-state index is 0.170. The molecule has 37 heavy (non-hydrogen) atoms. The number of halogens is 3. The summed E-state index contributed by atoms with van der Waals surface area (Å²) in [5, 5.41) is 17.5. The zero-order valence-corrected chi connectivity index (χ0v) is 19.9. The third-order valence-electron chi connectivity index (χ3n) is 6.08. The van der Waals surface area contributed by atoms with E-state index in [1.54, 1.807) is 54.5 Å². The van der Waals surface area contributed by atoms with Gasteiger partial charge in [0.2, 0.25) is 0 Å². The molecule has 0 spiro atoms. The standard InChI is InChI=1S/C26H24F3N7O/c1-36-15-18(14-31-36)25(37)34-20-4-2-3-16(9-20)5-6-22-11-19(26(27,28)29)12-24(33-22)32-21-7-8-23-17(10-21)13-30-35-23/h2-4,7-10,12-15,22H,5-6,11H2,1H3,(H,30,35)(H,32,33)(H,34,37). The second-order valence-corrected chi connectivity index (χ2v) is 8.93. The average Bonchev–Trinajstić information content (AvgIpc) is 3.51. The molecule has 4 aromatic rings. The van der Waals surface area contributed by atoms with E-state index in [1.807, 2.05) is 12.1 Å². The molecule has 1 amide bonds. The largest absolute Gasteiger partial charge is 0.412 e. The molecule has 0 fully saturated rings. The van der Waals surface area contributed by atoms with Crippen molar-refractivity contribution < 1.29 is 18.0 Å². The van der Waals surface area contributed by atoms with Crippen molar-refractivity contribution in [2.24, 2.45) is 12.0 Å². The monoisotopic (exact) mass is 507 g/mol. The number of nitrogens with one attached hydrogen (secondary N) is 3. The summed E-state index contributed by atoms with van der Waals surface area (Å²) in [5.41, 5.74) is 2.77. The van der Waals surface area contributed by atoms with E-state index in [0.717, 1.165) is 22.5 Å². The highest BCUT2D eigenvalue weighted by Gasteiger charge is 2.37. The summed E-state index contributed by atoms with van der Waals surface area (Å²) in [6.45, 7) is 0. The van der Waals surface area contributed by atoms with Gasteiger partial charge in [-0.15, -0.1) is 0 Å². The smallest absolute Gasteiger partial charge is 0.341 e. The fourth-order valence-corrected chi connectivity index (χ4v) is 4.24. The van der Waals surface area contributed by atoms with Gasteiger partial charge in [-0.3, -0.25) is 19.6 Å². The Balaban J connectivity index is 1.28. The van der Waals surface area contributed by atoms with Gasteiger partial charge in [-0.2, -0.15) is 23.4 Å². The van der Waals surface area contributed by atoms with Gasteiger partial charge in [0.15, 0.2) is 0 Å². The van der Waals surface area contributed by atoms with Gasteiger partial charge in [0.05, 0.1) is 29.5 Å². The highest BCUT2D eigenvalue weighted by atomic mass is 19.4. The van der Waals surface area contributed by atoms with Crippen molar-refractivity contribution in [3.8, 4) is 0 Å². The lowest BCUT2D eigenvalue weighted by atomic mass is 9.96. The summed E-state index contributed by atoms with van der Waals surface area (Å²) in [7, 11) is 1.73. The molecule has 1 unspecified atom stereocenters. The van der Waals surface area contributed by atoms with Crippen LogP contribution in [0.2, 0.25) is 0 Å². The van der Waals surface area contributed by atoms with Gasteiger partial charge in [0.25, 0.3) is 5.91 Å². The highest BCUT2D eigenvalue weighted by molar-refractivity contribution is 6.06. The number of alkyl halides is 3. The van der Waals surface area contributed by atoms with E-state index < -0.39 is 17.8 Å². The molecule has 1 atom stereocenters. The van der Waals surface area contributed by atoms with Gasteiger partial charge >= 0.3 is 6.18 Å². The Morgan fingerprint density at radius 3 is 2.81 bits per heavy atom. The molecule has 1 aliphatic rings. The van der Waals surface area contributed by atoms with Crippen molar-refractivity contribution >= 4 is 34.0 Å². The molecule has 0 saturated heterocycles. The predicted octanol–water partition coefficient (Wildman–Crippen LogP) is 5.25. The summed E-state index contributed by atoms with van der Waals surface area (Å²) in [6.07, 6.45) is 2.11. The van der Waals surface area contributed by atoms with E-state index in [-0.39, 0.29) is 18.2 Å². The quantitative estimate of drug-likeness (QED) is 0.332. The number of fused-ring (bicyclic) bond motifs is 1. The summed E-state index contributed by atoms with van der Waals surface area (Å²) in [6, 6.07) is 12.1. The summed E-state index contributed by atoms with van der Waals surface area (Å²) < 4.78 is 42.5. The molecule has 1 aliphatic heterocycles. The molecule has 5 rings (SSSR count). The number of aromatic amines is 1. The number of aliphatic imine (C=N–C) groups is 1. The Bertz CT molecular complexity index is 1500. The number of dihydropyridines is 1. The van der Waals surface area contributed by atoms with E-state index >= 15 is 0 Å². The van der Waals surface area contributed by atoms with Crippen LogP contribution in [0.15, 0.2) is 77.7 Å². The van der Waals surface area contributed by atoms with Gasteiger partial charge in [-0.25, -0.2) is 0 Å². The molecule has 0 radical (unpaired) electrons. The van der Waals surface area contributed by atoms with Gasteiger partial charge < -0.3 is 10.6 Å². The lowest BCUT2D eigenvalue weighted by molar-refractivity contribution is -0.0946. The first kappa shape index (κ1) is 24.3. The number of nitrogens with zero attached hydrogens (tertiary/aromatic N) is 4. The fraction of sp³-hybridized carbons (Fsp3) is 0.231. The molecular formula is C26H24F3N7O. The average molecular weight is 508 g/mol. The number of anilines is 2. The summed E-state index contributed by atoms with van der Waals surface area (Å²) >= 11 is 0. The van der Waals surface area contributed by atoms with Crippen LogP contribution in [0.4, 0.5) is 24.5 Å². The molecule has 0 aliphatic carbocycles. The van der Waals surface area contributed by atoms with E-state index in [1.165, 1.54) is 6.20 Å². The first-order valence-corrected chi connectivity index (χ1v) is 11.7. The number of rotatable bonds is 6. The molecule has 190 valence electrons. The molecular weight excluding hydrogens is 483 g/mol. The van der Waals surface area contributed by atoms with Crippen molar-refractivity contribution in [2.45, 2.75) is 31.5 Å². The van der Waals surface area contributed by atoms with Crippen LogP contribution in [-0.2, 0) is 13.5 Å². The zero-order valence-electron chi connectivity index (χ0n) is 19.9. The highest BCUT2D eigenvalue weighted by Crippen LogP contribution is 2.33. The van der Waals surface area contributed by atoms with Crippen LogP contribution < -0.4 is 10.6 Å². The number of hydrogen-bond acceptors (Lipinski definition) is 5. The van der Waals surface area contributed by atoms with E-state index in [2.05, 4.69) is 30.9 Å². The van der Waals surface area contributed by atoms with Crippen LogP contribution in [-0.4, -0.2) is 43.9 Å². The van der Waals surface area contributed by atoms with Crippen molar-refractivity contribution in [3.05, 3.63) is 83.8 Å². The van der Waals surface area contributed by atoms with Gasteiger partial charge in [-0.1, -0.05) is 12.1 Å². The third kappa shape index (κ3) is 5.88. The normalized spacial score (nSPS) is 15.8. The Morgan fingerprint density at radius 2 is 2.03 bits per heavy atom. The van der Waals surface area contributed by atoms with Crippen molar-refractivity contribution in [3.63, 3.8) is 0 Å². The number of aryl methyl sites for hydroxylation is 2. The lowest BCUT2D eigenvalue weighted by Crippen LogP contribution is -2.26. The SMILES string of the molecule is Cn1cc(C(=O)Nc2cccc(CCC3CC(C(F)(F)F)=CC(Nc4ccc5[nH]ncc5c4)=N3)c2)cn1. The number of benzene rings is 2. The van der Waals surface area contributed by atoms with Crippen LogP contribution in [0.5, 0.6) is 0 Å². The Morgan fingerprint density at radius 1 is 1.16 bits per heavy atom. The first-order valence-electron chi connectivity index (χ1n) is 11.7. The van der Waals surface area contributed by atoms with Crippen LogP contribution in [0.25, 0.3) is 10.9 Å². The topological polar surface area (TPSA) is 100.0 Å². The molecule has 11 heteroatoms. The Kier molecular flexibility index (Phi) is 6.51. The number of carbonyl (C=O) groups is 1. The lowest BCUT2D eigenvalue weighted by Gasteiger charge is -2.23. The Labute approximate surface area is 210 Å². The molecule has 3 heterocycles. The maximum absolute atomic E-state index is 13.7. The van der Waals surface area contributed by atoms with Gasteiger partial charge in [0, 0.05) is 42.0 Å². The summed E-state index contributed by atoms with van der Waals surface area (Å²) in [5.74, 6) is -0.115. The predicted molar refractivity (Wildman–Crippen MR) is 136 cm³/mol. The molecule has 8 nitrogen and oxygen atoms in total. The van der Waals surface area contributed by atoms with E-state index in [0.29, 0.717) is 29.8 Å². The second-order valence-electron chi connectivity index (χ2n) is 8.93. The number of amidine groups is 1. The van der Waals surface area contributed by atoms with Crippen LogP contribution in [0.1, 0.15) is 28.8 Å². The third-order valence-corrected chi connectivity index (χ3v) is 6.08. The number of H-pyrrole nitrogens is 1. The van der Waals surface area contributed by atoms with Crippen LogP contribution in [0, 0.1) is 0 Å². The fourth-order valence-electron chi connectivity index (χ4n) is 4.24. The summed E-state index contributed by atoms with van der Waals surface area (Å²) in [4.78, 5) is 17.0. The molecule has 3 N–H and O–H groups in total.